The second kappa shape index (κ2) is 3.76. The van der Waals surface area contributed by atoms with Gasteiger partial charge < -0.3 is 4.74 Å². The lowest BCUT2D eigenvalue weighted by Crippen LogP contribution is -2.53. The van der Waals surface area contributed by atoms with E-state index < -0.39 is 0 Å². The second-order valence-electron chi connectivity index (χ2n) is 4.58. The van der Waals surface area contributed by atoms with Gasteiger partial charge in [0, 0.05) is 6.08 Å². The average molecular weight is 194 g/mol. The first kappa shape index (κ1) is 9.75. The zero-order chi connectivity index (χ0) is 10.1. The molecule has 2 aliphatic carbocycles. The summed E-state index contributed by atoms with van der Waals surface area (Å²) in [5.74, 6) is 1.75. The summed E-state index contributed by atoms with van der Waals surface area (Å²) in [5, 5.41) is 0. The molecule has 4 unspecified atom stereocenters. The molecule has 14 heavy (non-hydrogen) atoms. The van der Waals surface area contributed by atoms with Crippen molar-refractivity contribution in [1.29, 1.82) is 0 Å². The van der Waals surface area contributed by atoms with Crippen molar-refractivity contribution in [2.45, 2.75) is 38.7 Å². The molecule has 0 aromatic rings. The Labute approximate surface area is 85.3 Å². The van der Waals surface area contributed by atoms with Crippen LogP contribution in [0.15, 0.2) is 12.7 Å². The predicted molar refractivity (Wildman–Crippen MR) is 54.7 cm³/mol. The standard InChI is InChI=1S/C12H18O2/c1-3-11(13)14-12-8(2)9-6-4-5-7-10(9)12/h3,8-10,12H,1,4-7H2,2H3. The zero-order valence-corrected chi connectivity index (χ0v) is 8.74. The normalized spacial score (nSPS) is 40.6. The minimum absolute atomic E-state index is 0.172. The smallest absolute Gasteiger partial charge is 0.330 e. The van der Waals surface area contributed by atoms with Crippen LogP contribution in [0.4, 0.5) is 0 Å². The molecule has 0 saturated heterocycles. The molecule has 2 heteroatoms. The molecular weight excluding hydrogens is 176 g/mol. The number of esters is 1. The Morgan fingerprint density at radius 2 is 2.00 bits per heavy atom. The Morgan fingerprint density at radius 1 is 1.36 bits per heavy atom. The molecule has 0 radical (unpaired) electrons. The fraction of sp³-hybridized carbons (Fsp3) is 0.750. The lowest BCUT2D eigenvalue weighted by molar-refractivity contribution is -0.174. The van der Waals surface area contributed by atoms with Crippen molar-refractivity contribution in [1.82, 2.24) is 0 Å². The predicted octanol–water partition coefficient (Wildman–Crippen LogP) is 2.54. The fourth-order valence-electron chi connectivity index (χ4n) is 3.11. The van der Waals surface area contributed by atoms with Gasteiger partial charge in [-0.1, -0.05) is 26.3 Å². The third-order valence-electron chi connectivity index (χ3n) is 3.91. The van der Waals surface area contributed by atoms with Gasteiger partial charge in [0.05, 0.1) is 0 Å². The number of carbonyl (C=O) groups is 1. The highest BCUT2D eigenvalue weighted by Crippen LogP contribution is 2.50. The first-order valence-electron chi connectivity index (χ1n) is 5.57. The van der Waals surface area contributed by atoms with Crippen LogP contribution in [0.5, 0.6) is 0 Å². The van der Waals surface area contributed by atoms with E-state index in [-0.39, 0.29) is 12.1 Å². The van der Waals surface area contributed by atoms with Crippen LogP contribution < -0.4 is 0 Å². The van der Waals surface area contributed by atoms with Gasteiger partial charge in [-0.15, -0.1) is 0 Å². The van der Waals surface area contributed by atoms with Crippen molar-refractivity contribution in [3.63, 3.8) is 0 Å². The minimum atomic E-state index is -0.258. The molecule has 0 bridgehead atoms. The Bertz CT molecular complexity index is 247. The molecule has 2 rings (SSSR count). The molecule has 0 spiro atoms. The van der Waals surface area contributed by atoms with Gasteiger partial charge in [-0.05, 0) is 30.6 Å². The topological polar surface area (TPSA) is 26.3 Å². The van der Waals surface area contributed by atoms with Crippen LogP contribution in [0, 0.1) is 17.8 Å². The van der Waals surface area contributed by atoms with Crippen molar-refractivity contribution in [3.8, 4) is 0 Å². The Balaban J connectivity index is 1.93. The van der Waals surface area contributed by atoms with Gasteiger partial charge in [0.15, 0.2) is 0 Å². The third-order valence-corrected chi connectivity index (χ3v) is 3.91. The van der Waals surface area contributed by atoms with E-state index >= 15 is 0 Å². The second-order valence-corrected chi connectivity index (χ2v) is 4.58. The summed E-state index contributed by atoms with van der Waals surface area (Å²) in [6.45, 7) is 5.63. The van der Waals surface area contributed by atoms with E-state index in [0.29, 0.717) is 11.8 Å². The molecule has 2 saturated carbocycles. The van der Waals surface area contributed by atoms with Crippen LogP contribution in [0.2, 0.25) is 0 Å². The average Bonchev–Trinajstić information content (AvgIpc) is 2.25. The van der Waals surface area contributed by atoms with E-state index in [1.165, 1.54) is 31.8 Å². The summed E-state index contributed by atoms with van der Waals surface area (Å²) in [5.41, 5.74) is 0. The van der Waals surface area contributed by atoms with Crippen molar-refractivity contribution in [2.24, 2.45) is 17.8 Å². The number of carbonyl (C=O) groups excluding carboxylic acids is 1. The number of fused-ring (bicyclic) bond motifs is 1. The minimum Gasteiger partial charge on any atom is -0.459 e. The highest BCUT2D eigenvalue weighted by molar-refractivity contribution is 5.81. The summed E-state index contributed by atoms with van der Waals surface area (Å²) >= 11 is 0. The van der Waals surface area contributed by atoms with Gasteiger partial charge in [0.1, 0.15) is 6.10 Å². The van der Waals surface area contributed by atoms with E-state index in [1.54, 1.807) is 0 Å². The number of hydrogen-bond donors (Lipinski definition) is 0. The van der Waals surface area contributed by atoms with Gasteiger partial charge in [-0.25, -0.2) is 4.79 Å². The van der Waals surface area contributed by atoms with Crippen LogP contribution in [0.1, 0.15) is 32.6 Å². The number of hydrogen-bond acceptors (Lipinski definition) is 2. The van der Waals surface area contributed by atoms with E-state index in [9.17, 15) is 4.79 Å². The maximum absolute atomic E-state index is 11.1. The summed E-state index contributed by atoms with van der Waals surface area (Å²) < 4.78 is 5.36. The lowest BCUT2D eigenvalue weighted by Gasteiger charge is -2.52. The monoisotopic (exact) mass is 194 g/mol. The highest BCUT2D eigenvalue weighted by atomic mass is 16.5. The SMILES string of the molecule is C=CC(=O)OC1C(C)C2CCCCC21. The highest BCUT2D eigenvalue weighted by Gasteiger charge is 2.50. The Morgan fingerprint density at radius 3 is 2.64 bits per heavy atom. The van der Waals surface area contributed by atoms with Crippen LogP contribution >= 0.6 is 0 Å². The van der Waals surface area contributed by atoms with Crippen molar-refractivity contribution >= 4 is 5.97 Å². The van der Waals surface area contributed by atoms with Crippen LogP contribution in [-0.2, 0) is 9.53 Å². The maximum Gasteiger partial charge on any atom is 0.330 e. The van der Waals surface area contributed by atoms with E-state index in [4.69, 9.17) is 4.74 Å². The molecule has 0 aliphatic heterocycles. The largest absolute Gasteiger partial charge is 0.459 e. The van der Waals surface area contributed by atoms with E-state index in [2.05, 4.69) is 13.5 Å². The molecule has 0 amide bonds. The third kappa shape index (κ3) is 1.47. The molecule has 0 aromatic heterocycles. The molecular formula is C12H18O2. The van der Waals surface area contributed by atoms with Gasteiger partial charge in [-0.3, -0.25) is 0 Å². The summed E-state index contributed by atoms with van der Waals surface area (Å²) in [4.78, 5) is 11.1. The van der Waals surface area contributed by atoms with Crippen molar-refractivity contribution in [3.05, 3.63) is 12.7 Å². The molecule has 4 atom stereocenters. The lowest BCUT2D eigenvalue weighted by atomic mass is 9.57. The number of rotatable bonds is 2. The van der Waals surface area contributed by atoms with Crippen LogP contribution in [0.3, 0.4) is 0 Å². The first-order valence-corrected chi connectivity index (χ1v) is 5.57. The molecule has 0 heterocycles. The summed E-state index contributed by atoms with van der Waals surface area (Å²) in [6.07, 6.45) is 6.66. The maximum atomic E-state index is 11.1. The van der Waals surface area contributed by atoms with Crippen molar-refractivity contribution in [2.75, 3.05) is 0 Å². The molecule has 2 fully saturated rings. The summed E-state index contributed by atoms with van der Waals surface area (Å²) in [6, 6.07) is 0. The summed E-state index contributed by atoms with van der Waals surface area (Å²) in [7, 11) is 0. The molecule has 78 valence electrons. The Kier molecular flexibility index (Phi) is 2.62. The molecule has 2 nitrogen and oxygen atoms in total. The fourth-order valence-corrected chi connectivity index (χ4v) is 3.11. The Hall–Kier alpha value is -0.790. The van der Waals surface area contributed by atoms with Crippen molar-refractivity contribution < 1.29 is 9.53 Å². The molecule has 2 aliphatic rings. The van der Waals surface area contributed by atoms with E-state index in [0.717, 1.165) is 5.92 Å². The van der Waals surface area contributed by atoms with Crippen LogP contribution in [0.25, 0.3) is 0 Å². The number of ether oxygens (including phenoxy) is 1. The van der Waals surface area contributed by atoms with Gasteiger partial charge in [0.2, 0.25) is 0 Å². The first-order chi connectivity index (χ1) is 6.74. The van der Waals surface area contributed by atoms with E-state index in [1.807, 2.05) is 0 Å². The molecule has 0 aromatic carbocycles. The van der Waals surface area contributed by atoms with Gasteiger partial charge in [-0.2, -0.15) is 0 Å². The van der Waals surface area contributed by atoms with Gasteiger partial charge >= 0.3 is 5.97 Å². The van der Waals surface area contributed by atoms with Crippen LogP contribution in [-0.4, -0.2) is 12.1 Å². The van der Waals surface area contributed by atoms with Gasteiger partial charge in [0.25, 0.3) is 0 Å². The zero-order valence-electron chi connectivity index (χ0n) is 8.74. The molecule has 0 N–H and O–H groups in total. The quantitative estimate of drug-likeness (QED) is 0.499.